The lowest BCUT2D eigenvalue weighted by molar-refractivity contribution is 0.0947. The highest BCUT2D eigenvalue weighted by Gasteiger charge is 2.10. The number of amides is 1. The van der Waals surface area contributed by atoms with Gasteiger partial charge in [-0.05, 0) is 6.07 Å². The number of carbonyl (C=O) groups excluding carboxylic acids is 1. The molecule has 0 fully saturated rings. The molecule has 7 heteroatoms. The van der Waals surface area contributed by atoms with E-state index >= 15 is 0 Å². The molecule has 0 aliphatic rings. The van der Waals surface area contributed by atoms with E-state index in [-0.39, 0.29) is 17.9 Å². The van der Waals surface area contributed by atoms with Crippen LogP contribution in [-0.4, -0.2) is 31.2 Å². The zero-order valence-corrected chi connectivity index (χ0v) is 8.21. The lowest BCUT2D eigenvalue weighted by Crippen LogP contribution is -2.23. The first-order chi connectivity index (χ1) is 7.77. The van der Waals surface area contributed by atoms with Gasteiger partial charge in [0.2, 0.25) is 0 Å². The van der Waals surface area contributed by atoms with Crippen molar-refractivity contribution < 1.29 is 9.90 Å². The van der Waals surface area contributed by atoms with Crippen LogP contribution in [0.25, 0.3) is 0 Å². The summed E-state index contributed by atoms with van der Waals surface area (Å²) in [4.78, 5) is 19.1. The van der Waals surface area contributed by atoms with Gasteiger partial charge in [-0.15, -0.1) is 0 Å². The molecule has 16 heavy (non-hydrogen) atoms. The number of hydrogen-bond donors (Lipinski definition) is 3. The van der Waals surface area contributed by atoms with Crippen molar-refractivity contribution >= 4 is 5.91 Å². The molecule has 2 aromatic rings. The molecule has 1 amide bonds. The normalized spacial score (nSPS) is 10.0. The Morgan fingerprint density at radius 2 is 2.44 bits per heavy atom. The summed E-state index contributed by atoms with van der Waals surface area (Å²) in [6.45, 7) is 0.223. The highest BCUT2D eigenvalue weighted by atomic mass is 16.3. The molecule has 0 unspecified atom stereocenters. The quantitative estimate of drug-likeness (QED) is 0.665. The maximum absolute atomic E-state index is 11.6. The van der Waals surface area contributed by atoms with E-state index in [0.29, 0.717) is 5.82 Å². The van der Waals surface area contributed by atoms with Crippen LogP contribution in [0, 0.1) is 0 Å². The summed E-state index contributed by atoms with van der Waals surface area (Å²) in [5, 5.41) is 18.2. The topological polar surface area (TPSA) is 104 Å². The third-order valence-electron chi connectivity index (χ3n) is 1.93. The van der Waals surface area contributed by atoms with Crippen molar-refractivity contribution in [2.45, 2.75) is 6.54 Å². The van der Waals surface area contributed by atoms with Gasteiger partial charge in [-0.25, -0.2) is 4.98 Å². The van der Waals surface area contributed by atoms with Gasteiger partial charge in [-0.1, -0.05) is 0 Å². The van der Waals surface area contributed by atoms with E-state index in [0.717, 1.165) is 0 Å². The first-order valence-electron chi connectivity index (χ1n) is 4.53. The Labute approximate surface area is 90.6 Å². The number of H-pyrrole nitrogens is 1. The summed E-state index contributed by atoms with van der Waals surface area (Å²) < 4.78 is 0. The fourth-order valence-corrected chi connectivity index (χ4v) is 1.15. The standard InChI is InChI=1S/C9H9N5O2/c15-7-3-10-2-1-6(7)9(16)11-4-8-12-5-13-14-8/h1-3,5,15H,4H2,(H,11,16)(H,12,13,14). The molecule has 0 aromatic carbocycles. The summed E-state index contributed by atoms with van der Waals surface area (Å²) in [5.41, 5.74) is 0.175. The van der Waals surface area contributed by atoms with Gasteiger partial charge in [0.1, 0.15) is 17.9 Å². The molecular weight excluding hydrogens is 210 g/mol. The predicted molar refractivity (Wildman–Crippen MR) is 53.5 cm³/mol. The third-order valence-corrected chi connectivity index (χ3v) is 1.93. The lowest BCUT2D eigenvalue weighted by Gasteiger charge is -2.04. The van der Waals surface area contributed by atoms with E-state index in [1.54, 1.807) is 0 Å². The van der Waals surface area contributed by atoms with E-state index in [1.807, 2.05) is 0 Å². The van der Waals surface area contributed by atoms with Gasteiger partial charge in [-0.2, -0.15) is 5.10 Å². The number of nitrogens with zero attached hydrogens (tertiary/aromatic N) is 3. The molecule has 0 atom stereocenters. The summed E-state index contributed by atoms with van der Waals surface area (Å²) >= 11 is 0. The van der Waals surface area contributed by atoms with Gasteiger partial charge in [0.05, 0.1) is 18.3 Å². The molecule has 2 rings (SSSR count). The SMILES string of the molecule is O=C(NCc1ncn[nH]1)c1ccncc1O. The zero-order valence-electron chi connectivity index (χ0n) is 8.21. The van der Waals surface area contributed by atoms with Gasteiger partial charge in [0.15, 0.2) is 0 Å². The van der Waals surface area contributed by atoms with Crippen LogP contribution in [0.5, 0.6) is 5.75 Å². The van der Waals surface area contributed by atoms with Crippen LogP contribution in [0.2, 0.25) is 0 Å². The van der Waals surface area contributed by atoms with E-state index in [1.165, 1.54) is 24.8 Å². The molecule has 7 nitrogen and oxygen atoms in total. The van der Waals surface area contributed by atoms with Crippen LogP contribution in [-0.2, 0) is 6.54 Å². The van der Waals surface area contributed by atoms with Gasteiger partial charge in [0, 0.05) is 6.20 Å². The summed E-state index contributed by atoms with van der Waals surface area (Å²) in [6.07, 6.45) is 4.00. The molecule has 0 radical (unpaired) electrons. The first-order valence-corrected chi connectivity index (χ1v) is 4.53. The number of hydrogen-bond acceptors (Lipinski definition) is 5. The molecule has 0 saturated carbocycles. The Balaban J connectivity index is 2.01. The van der Waals surface area contributed by atoms with E-state index in [4.69, 9.17) is 0 Å². The average molecular weight is 219 g/mol. The van der Waals surface area contributed by atoms with E-state index in [9.17, 15) is 9.90 Å². The Kier molecular flexibility index (Phi) is 2.77. The molecule has 0 spiro atoms. The van der Waals surface area contributed by atoms with Gasteiger partial charge >= 0.3 is 0 Å². The van der Waals surface area contributed by atoms with Crippen molar-refractivity contribution in [3.8, 4) is 5.75 Å². The third kappa shape index (κ3) is 2.14. The minimum atomic E-state index is -0.392. The number of nitrogens with one attached hydrogen (secondary N) is 2. The number of aromatic nitrogens is 4. The Morgan fingerprint density at radius 1 is 1.56 bits per heavy atom. The van der Waals surface area contributed by atoms with E-state index in [2.05, 4.69) is 25.5 Å². The van der Waals surface area contributed by atoms with Crippen molar-refractivity contribution in [3.05, 3.63) is 36.2 Å². The summed E-state index contributed by atoms with van der Waals surface area (Å²) in [7, 11) is 0. The molecule has 0 aliphatic carbocycles. The van der Waals surface area contributed by atoms with Crippen LogP contribution in [0.15, 0.2) is 24.8 Å². The molecular formula is C9H9N5O2. The van der Waals surface area contributed by atoms with Crippen LogP contribution < -0.4 is 5.32 Å². The molecule has 82 valence electrons. The Hall–Kier alpha value is -2.44. The largest absolute Gasteiger partial charge is 0.505 e. The molecule has 0 aliphatic heterocycles. The highest BCUT2D eigenvalue weighted by Crippen LogP contribution is 2.13. The lowest BCUT2D eigenvalue weighted by atomic mass is 10.2. The summed E-state index contributed by atoms with van der Waals surface area (Å²) in [6, 6.07) is 1.44. The zero-order chi connectivity index (χ0) is 11.4. The van der Waals surface area contributed by atoms with E-state index < -0.39 is 5.91 Å². The fourth-order valence-electron chi connectivity index (χ4n) is 1.15. The number of aromatic hydroxyl groups is 1. The average Bonchev–Trinajstić information content (AvgIpc) is 2.79. The number of rotatable bonds is 3. The number of carbonyl (C=O) groups is 1. The fraction of sp³-hybridized carbons (Fsp3) is 0.111. The second kappa shape index (κ2) is 4.39. The number of pyridine rings is 1. The molecule has 2 heterocycles. The maximum atomic E-state index is 11.6. The Morgan fingerprint density at radius 3 is 3.12 bits per heavy atom. The first kappa shape index (κ1) is 10.1. The van der Waals surface area contributed by atoms with Crippen molar-refractivity contribution in [1.29, 1.82) is 0 Å². The van der Waals surface area contributed by atoms with Crippen LogP contribution in [0.4, 0.5) is 0 Å². The molecule has 2 aromatic heterocycles. The molecule has 0 bridgehead atoms. The predicted octanol–water partition coefficient (Wildman–Crippen LogP) is -0.165. The van der Waals surface area contributed by atoms with Gasteiger partial charge < -0.3 is 10.4 Å². The van der Waals surface area contributed by atoms with Crippen LogP contribution in [0.1, 0.15) is 16.2 Å². The van der Waals surface area contributed by atoms with Crippen molar-refractivity contribution in [2.24, 2.45) is 0 Å². The van der Waals surface area contributed by atoms with Crippen molar-refractivity contribution in [3.63, 3.8) is 0 Å². The van der Waals surface area contributed by atoms with Crippen molar-refractivity contribution in [2.75, 3.05) is 0 Å². The smallest absolute Gasteiger partial charge is 0.255 e. The highest BCUT2D eigenvalue weighted by molar-refractivity contribution is 5.96. The monoisotopic (exact) mass is 219 g/mol. The van der Waals surface area contributed by atoms with Crippen LogP contribution in [0.3, 0.4) is 0 Å². The minimum absolute atomic E-state index is 0.155. The second-order valence-corrected chi connectivity index (χ2v) is 3.01. The Bertz CT molecular complexity index is 482. The number of aromatic amines is 1. The van der Waals surface area contributed by atoms with Gasteiger partial charge in [0.25, 0.3) is 5.91 Å². The maximum Gasteiger partial charge on any atom is 0.255 e. The van der Waals surface area contributed by atoms with Gasteiger partial charge in [-0.3, -0.25) is 14.9 Å². The molecule has 3 N–H and O–H groups in total. The molecule has 0 saturated heterocycles. The van der Waals surface area contributed by atoms with Crippen LogP contribution >= 0.6 is 0 Å². The van der Waals surface area contributed by atoms with Crippen molar-refractivity contribution in [1.82, 2.24) is 25.5 Å². The second-order valence-electron chi connectivity index (χ2n) is 3.01. The minimum Gasteiger partial charge on any atom is -0.505 e. The summed E-state index contributed by atoms with van der Waals surface area (Å²) in [5.74, 6) is -0.00392.